The molecule has 0 radical (unpaired) electrons. The monoisotopic (exact) mass is 303 g/mol. The van der Waals surface area contributed by atoms with Gasteiger partial charge in [-0.15, -0.1) is 0 Å². The Morgan fingerprint density at radius 2 is 2.14 bits per heavy atom. The normalized spacial score (nSPS) is 10.7. The third-order valence-electron chi connectivity index (χ3n) is 3.51. The van der Waals surface area contributed by atoms with Crippen molar-refractivity contribution in [1.29, 1.82) is 0 Å². The second kappa shape index (κ2) is 7.02. The molecule has 0 aromatic carbocycles. The van der Waals surface area contributed by atoms with Crippen LogP contribution in [0.15, 0.2) is 23.1 Å². The quantitative estimate of drug-likeness (QED) is 0.874. The van der Waals surface area contributed by atoms with Crippen LogP contribution in [0.1, 0.15) is 42.7 Å². The Bertz CT molecular complexity index is 684. The van der Waals surface area contributed by atoms with Crippen molar-refractivity contribution in [3.8, 4) is 5.82 Å². The molecule has 0 fully saturated rings. The number of nitrogens with zero attached hydrogens (tertiary/aromatic N) is 4. The standard InChI is InChI=1S/C15H21N5O2/c1-4-6-9-19(3)15(22)11-10-16-20(12(11)5-2)13-7-8-14(21)18-17-13/h7-8,10H,4-6,9H2,1-3H3,(H,18,21). The van der Waals surface area contributed by atoms with Crippen molar-refractivity contribution in [1.82, 2.24) is 24.9 Å². The van der Waals surface area contributed by atoms with Crippen LogP contribution in [-0.2, 0) is 6.42 Å². The summed E-state index contributed by atoms with van der Waals surface area (Å²) in [6, 6.07) is 2.97. The van der Waals surface area contributed by atoms with Crippen molar-refractivity contribution >= 4 is 5.91 Å². The number of hydrogen-bond donors (Lipinski definition) is 1. The van der Waals surface area contributed by atoms with Gasteiger partial charge in [-0.25, -0.2) is 9.78 Å². The molecule has 0 aliphatic carbocycles. The van der Waals surface area contributed by atoms with E-state index in [1.165, 1.54) is 6.07 Å². The largest absolute Gasteiger partial charge is 0.342 e. The van der Waals surface area contributed by atoms with Crippen molar-refractivity contribution in [3.63, 3.8) is 0 Å². The Labute approximate surface area is 129 Å². The molecule has 0 bridgehead atoms. The molecular weight excluding hydrogens is 282 g/mol. The first-order valence-electron chi connectivity index (χ1n) is 7.47. The van der Waals surface area contributed by atoms with E-state index < -0.39 is 0 Å². The summed E-state index contributed by atoms with van der Waals surface area (Å²) in [6.07, 6.45) is 4.22. The Morgan fingerprint density at radius 3 is 2.73 bits per heavy atom. The third kappa shape index (κ3) is 3.24. The molecule has 0 spiro atoms. The zero-order chi connectivity index (χ0) is 16.1. The molecule has 0 saturated heterocycles. The molecule has 7 nitrogen and oxygen atoms in total. The van der Waals surface area contributed by atoms with Gasteiger partial charge in [-0.2, -0.15) is 10.2 Å². The average molecular weight is 303 g/mol. The van der Waals surface area contributed by atoms with E-state index in [-0.39, 0.29) is 11.5 Å². The van der Waals surface area contributed by atoms with E-state index in [9.17, 15) is 9.59 Å². The minimum atomic E-state index is -0.274. The van der Waals surface area contributed by atoms with Gasteiger partial charge in [0.25, 0.3) is 11.5 Å². The number of aromatic amines is 1. The first-order valence-corrected chi connectivity index (χ1v) is 7.47. The van der Waals surface area contributed by atoms with Crippen molar-refractivity contribution in [2.75, 3.05) is 13.6 Å². The fraction of sp³-hybridized carbons (Fsp3) is 0.467. The minimum absolute atomic E-state index is 0.0408. The van der Waals surface area contributed by atoms with Crippen LogP contribution < -0.4 is 5.56 Å². The van der Waals surface area contributed by atoms with Crippen molar-refractivity contribution in [3.05, 3.63) is 39.9 Å². The topological polar surface area (TPSA) is 83.9 Å². The van der Waals surface area contributed by atoms with E-state index in [2.05, 4.69) is 22.2 Å². The van der Waals surface area contributed by atoms with Gasteiger partial charge in [0.05, 0.1) is 17.5 Å². The summed E-state index contributed by atoms with van der Waals surface area (Å²) in [5, 5.41) is 10.6. The number of amides is 1. The van der Waals surface area contributed by atoms with E-state index in [1.807, 2.05) is 6.92 Å². The maximum absolute atomic E-state index is 12.5. The van der Waals surface area contributed by atoms with E-state index in [1.54, 1.807) is 28.9 Å². The SMILES string of the molecule is CCCCN(C)C(=O)c1cnn(-c2ccc(=O)[nH]n2)c1CC. The zero-order valence-corrected chi connectivity index (χ0v) is 13.2. The van der Waals surface area contributed by atoms with Gasteiger partial charge in [-0.05, 0) is 18.9 Å². The summed E-state index contributed by atoms with van der Waals surface area (Å²) in [6.45, 7) is 4.78. The number of aromatic nitrogens is 4. The van der Waals surface area contributed by atoms with Gasteiger partial charge >= 0.3 is 0 Å². The molecule has 2 aromatic rings. The summed E-state index contributed by atoms with van der Waals surface area (Å²) in [5.41, 5.74) is 1.09. The zero-order valence-electron chi connectivity index (χ0n) is 13.2. The number of nitrogens with one attached hydrogen (secondary N) is 1. The van der Waals surface area contributed by atoms with Gasteiger partial charge in [0.1, 0.15) is 0 Å². The van der Waals surface area contributed by atoms with Gasteiger partial charge in [0.2, 0.25) is 0 Å². The molecule has 22 heavy (non-hydrogen) atoms. The number of carbonyl (C=O) groups excluding carboxylic acids is 1. The van der Waals surface area contributed by atoms with Crippen LogP contribution in [-0.4, -0.2) is 44.4 Å². The number of rotatable bonds is 6. The number of unbranched alkanes of at least 4 members (excludes halogenated alkanes) is 1. The molecule has 0 saturated carbocycles. The van der Waals surface area contributed by atoms with E-state index in [0.717, 1.165) is 25.1 Å². The van der Waals surface area contributed by atoms with Crippen LogP contribution in [0, 0.1) is 0 Å². The first-order chi connectivity index (χ1) is 10.6. The average Bonchev–Trinajstić information content (AvgIpc) is 2.96. The van der Waals surface area contributed by atoms with Gasteiger partial charge < -0.3 is 4.90 Å². The molecule has 1 N–H and O–H groups in total. The Hall–Kier alpha value is -2.44. The van der Waals surface area contributed by atoms with Crippen LogP contribution in [0.3, 0.4) is 0 Å². The van der Waals surface area contributed by atoms with Gasteiger partial charge in [-0.3, -0.25) is 9.59 Å². The van der Waals surface area contributed by atoms with E-state index in [4.69, 9.17) is 0 Å². The summed E-state index contributed by atoms with van der Waals surface area (Å²) in [4.78, 5) is 25.3. The highest BCUT2D eigenvalue weighted by Gasteiger charge is 2.20. The maximum atomic E-state index is 12.5. The fourth-order valence-electron chi connectivity index (χ4n) is 2.25. The maximum Gasteiger partial charge on any atom is 0.264 e. The number of H-pyrrole nitrogens is 1. The molecule has 7 heteroatoms. The van der Waals surface area contributed by atoms with Gasteiger partial charge in [0.15, 0.2) is 5.82 Å². The van der Waals surface area contributed by atoms with Crippen LogP contribution in [0.5, 0.6) is 0 Å². The summed E-state index contributed by atoms with van der Waals surface area (Å²) in [7, 11) is 1.80. The molecule has 118 valence electrons. The highest BCUT2D eigenvalue weighted by molar-refractivity contribution is 5.95. The third-order valence-corrected chi connectivity index (χ3v) is 3.51. The lowest BCUT2D eigenvalue weighted by molar-refractivity contribution is 0.0792. The van der Waals surface area contributed by atoms with Gasteiger partial charge in [-0.1, -0.05) is 20.3 Å². The molecule has 2 heterocycles. The molecule has 2 aromatic heterocycles. The van der Waals surface area contributed by atoms with Crippen molar-refractivity contribution < 1.29 is 4.79 Å². The van der Waals surface area contributed by atoms with Crippen molar-refractivity contribution in [2.24, 2.45) is 0 Å². The smallest absolute Gasteiger partial charge is 0.264 e. The molecule has 1 amide bonds. The Morgan fingerprint density at radius 1 is 1.36 bits per heavy atom. The van der Waals surface area contributed by atoms with Crippen LogP contribution >= 0.6 is 0 Å². The summed E-state index contributed by atoms with van der Waals surface area (Å²) >= 11 is 0. The second-order valence-electron chi connectivity index (χ2n) is 5.13. The molecule has 2 rings (SSSR count). The minimum Gasteiger partial charge on any atom is -0.342 e. The predicted molar refractivity (Wildman–Crippen MR) is 83.2 cm³/mol. The van der Waals surface area contributed by atoms with Gasteiger partial charge in [0, 0.05) is 19.7 Å². The Kier molecular flexibility index (Phi) is 5.08. The lowest BCUT2D eigenvalue weighted by Crippen LogP contribution is -2.28. The first kappa shape index (κ1) is 15.9. The molecule has 0 aliphatic rings. The molecule has 0 aliphatic heterocycles. The summed E-state index contributed by atoms with van der Waals surface area (Å²) < 4.78 is 1.59. The highest BCUT2D eigenvalue weighted by Crippen LogP contribution is 2.15. The van der Waals surface area contributed by atoms with E-state index in [0.29, 0.717) is 17.8 Å². The number of carbonyl (C=O) groups is 1. The van der Waals surface area contributed by atoms with Crippen LogP contribution in [0.4, 0.5) is 0 Å². The molecular formula is C15H21N5O2. The fourth-order valence-corrected chi connectivity index (χ4v) is 2.25. The lowest BCUT2D eigenvalue weighted by Gasteiger charge is -2.16. The lowest BCUT2D eigenvalue weighted by atomic mass is 10.1. The molecule has 0 unspecified atom stereocenters. The van der Waals surface area contributed by atoms with Crippen LogP contribution in [0.2, 0.25) is 0 Å². The van der Waals surface area contributed by atoms with Crippen LogP contribution in [0.25, 0.3) is 5.82 Å². The molecule has 0 atom stereocenters. The summed E-state index contributed by atoms with van der Waals surface area (Å²) in [5.74, 6) is 0.452. The van der Waals surface area contributed by atoms with E-state index >= 15 is 0 Å². The highest BCUT2D eigenvalue weighted by atomic mass is 16.2. The second-order valence-corrected chi connectivity index (χ2v) is 5.13. The number of hydrogen-bond acceptors (Lipinski definition) is 4. The predicted octanol–water partition coefficient (Wildman–Crippen LogP) is 1.39. The van der Waals surface area contributed by atoms with Crippen molar-refractivity contribution in [2.45, 2.75) is 33.1 Å². The Balaban J connectivity index is 2.33.